The van der Waals surface area contributed by atoms with Gasteiger partial charge in [0.25, 0.3) is 10.0 Å². The fourth-order valence-electron chi connectivity index (χ4n) is 2.23. The number of methoxy groups -OCH3 is 1. The molecule has 0 fully saturated rings. The van der Waals surface area contributed by atoms with Crippen LogP contribution in [0.4, 0.5) is 5.69 Å². The number of hydrogen-bond acceptors (Lipinski definition) is 5. The molecule has 124 valence electrons. The number of carbonyl (C=O) groups is 1. The molecular formula is C14H16ClN3O4S. The summed E-state index contributed by atoms with van der Waals surface area (Å²) in [4.78, 5) is 11.9. The lowest BCUT2D eigenvalue weighted by atomic mass is 10.2. The number of esters is 1. The lowest BCUT2D eigenvalue weighted by Crippen LogP contribution is -2.17. The van der Waals surface area contributed by atoms with Crippen molar-refractivity contribution in [2.24, 2.45) is 7.05 Å². The van der Waals surface area contributed by atoms with E-state index in [1.54, 1.807) is 20.9 Å². The van der Waals surface area contributed by atoms with E-state index >= 15 is 0 Å². The fourth-order valence-corrected chi connectivity index (χ4v) is 3.91. The molecule has 1 aromatic carbocycles. The van der Waals surface area contributed by atoms with Gasteiger partial charge >= 0.3 is 5.97 Å². The highest BCUT2D eigenvalue weighted by molar-refractivity contribution is 7.92. The van der Waals surface area contributed by atoms with Gasteiger partial charge in [0.1, 0.15) is 4.90 Å². The highest BCUT2D eigenvalue weighted by Crippen LogP contribution is 2.27. The lowest BCUT2D eigenvalue weighted by Gasteiger charge is -2.12. The second-order valence-corrected chi connectivity index (χ2v) is 6.97. The molecule has 0 aliphatic rings. The van der Waals surface area contributed by atoms with Gasteiger partial charge in [-0.05, 0) is 32.0 Å². The number of benzene rings is 1. The predicted octanol–water partition coefficient (Wildman–Crippen LogP) is 2.28. The number of hydrogen-bond donors (Lipinski definition) is 1. The van der Waals surface area contributed by atoms with E-state index in [-0.39, 0.29) is 21.2 Å². The molecule has 0 aliphatic heterocycles. The molecule has 2 rings (SSSR count). The quantitative estimate of drug-likeness (QED) is 0.848. The van der Waals surface area contributed by atoms with E-state index in [1.807, 2.05) is 0 Å². The Morgan fingerprint density at radius 2 is 2.00 bits per heavy atom. The Morgan fingerprint density at radius 1 is 1.35 bits per heavy atom. The number of anilines is 1. The highest BCUT2D eigenvalue weighted by Gasteiger charge is 2.26. The Balaban J connectivity index is 2.53. The molecule has 0 amide bonds. The summed E-state index contributed by atoms with van der Waals surface area (Å²) < 4.78 is 33.9. The minimum Gasteiger partial charge on any atom is -0.465 e. The first kappa shape index (κ1) is 17.3. The van der Waals surface area contributed by atoms with Gasteiger partial charge in [-0.1, -0.05) is 11.6 Å². The number of nitrogens with zero attached hydrogens (tertiary/aromatic N) is 2. The van der Waals surface area contributed by atoms with Gasteiger partial charge in [-0.15, -0.1) is 0 Å². The SMILES string of the molecule is COC(=O)c1ccc(Cl)cc1NS(=O)(=O)c1c(C)nn(C)c1C. The van der Waals surface area contributed by atoms with Crippen LogP contribution >= 0.6 is 11.6 Å². The zero-order valence-electron chi connectivity index (χ0n) is 13.0. The highest BCUT2D eigenvalue weighted by atomic mass is 35.5. The summed E-state index contributed by atoms with van der Waals surface area (Å²) in [6, 6.07) is 4.23. The van der Waals surface area contributed by atoms with Crippen molar-refractivity contribution in [3.63, 3.8) is 0 Å². The molecule has 0 atom stereocenters. The fraction of sp³-hybridized carbons (Fsp3) is 0.286. The Bertz CT molecular complexity index is 874. The van der Waals surface area contributed by atoms with Gasteiger partial charge in [0.2, 0.25) is 0 Å². The Labute approximate surface area is 139 Å². The largest absolute Gasteiger partial charge is 0.465 e. The van der Waals surface area contributed by atoms with E-state index in [1.165, 1.54) is 30.0 Å². The molecule has 7 nitrogen and oxygen atoms in total. The summed E-state index contributed by atoms with van der Waals surface area (Å²) in [5, 5.41) is 4.38. The second-order valence-electron chi connectivity index (χ2n) is 4.91. The molecule has 0 bridgehead atoms. The molecule has 0 spiro atoms. The number of rotatable bonds is 4. The molecule has 0 saturated heterocycles. The number of nitrogens with one attached hydrogen (secondary N) is 1. The van der Waals surface area contributed by atoms with Crippen molar-refractivity contribution in [1.82, 2.24) is 9.78 Å². The van der Waals surface area contributed by atoms with Gasteiger partial charge in [0.15, 0.2) is 0 Å². The molecule has 1 aromatic heterocycles. The van der Waals surface area contributed by atoms with Crippen LogP contribution in [0.3, 0.4) is 0 Å². The molecule has 0 radical (unpaired) electrons. The summed E-state index contributed by atoms with van der Waals surface area (Å²) in [6.45, 7) is 3.24. The van der Waals surface area contributed by atoms with Gasteiger partial charge in [-0.3, -0.25) is 9.40 Å². The van der Waals surface area contributed by atoms with Gasteiger partial charge in [0, 0.05) is 12.1 Å². The molecule has 0 aliphatic carbocycles. The molecule has 0 unspecified atom stereocenters. The van der Waals surface area contributed by atoms with Crippen molar-refractivity contribution in [2.45, 2.75) is 18.7 Å². The molecule has 0 saturated carbocycles. The number of aromatic nitrogens is 2. The third kappa shape index (κ3) is 3.32. The van der Waals surface area contributed by atoms with Crippen molar-refractivity contribution < 1.29 is 17.9 Å². The lowest BCUT2D eigenvalue weighted by molar-refractivity contribution is 0.0602. The van der Waals surface area contributed by atoms with Crippen LogP contribution < -0.4 is 4.72 Å². The van der Waals surface area contributed by atoms with Crippen LogP contribution in [0, 0.1) is 13.8 Å². The van der Waals surface area contributed by atoms with E-state index < -0.39 is 16.0 Å². The molecule has 2 aromatic rings. The van der Waals surface area contributed by atoms with E-state index in [0.717, 1.165) is 0 Å². The molecular weight excluding hydrogens is 342 g/mol. The molecule has 9 heteroatoms. The minimum absolute atomic E-state index is 0.0482. The van der Waals surface area contributed by atoms with E-state index in [2.05, 4.69) is 14.6 Å². The zero-order valence-corrected chi connectivity index (χ0v) is 14.6. The van der Waals surface area contributed by atoms with Gasteiger partial charge < -0.3 is 4.74 Å². The normalized spacial score (nSPS) is 11.3. The van der Waals surface area contributed by atoms with Crippen molar-refractivity contribution in [3.05, 3.63) is 40.2 Å². The summed E-state index contributed by atoms with van der Waals surface area (Å²) in [7, 11) is -1.07. The Morgan fingerprint density at radius 3 is 2.52 bits per heavy atom. The van der Waals surface area contributed by atoms with Crippen molar-refractivity contribution >= 4 is 33.3 Å². The predicted molar refractivity (Wildman–Crippen MR) is 86.3 cm³/mol. The van der Waals surface area contributed by atoms with Gasteiger partial charge in [-0.2, -0.15) is 5.10 Å². The van der Waals surface area contributed by atoms with Crippen LogP contribution in [0.15, 0.2) is 23.1 Å². The Hall–Kier alpha value is -2.06. The maximum atomic E-state index is 12.7. The molecule has 23 heavy (non-hydrogen) atoms. The molecule has 1 heterocycles. The number of carbonyl (C=O) groups excluding carboxylic acids is 1. The number of aryl methyl sites for hydroxylation is 2. The number of halogens is 1. The van der Waals surface area contributed by atoms with Crippen molar-refractivity contribution in [1.29, 1.82) is 0 Å². The average Bonchev–Trinajstić information content (AvgIpc) is 2.71. The minimum atomic E-state index is -3.93. The Kier molecular flexibility index (Phi) is 4.67. The third-order valence-electron chi connectivity index (χ3n) is 3.34. The van der Waals surface area contributed by atoms with Gasteiger partial charge in [-0.25, -0.2) is 13.2 Å². The summed E-state index contributed by atoms with van der Waals surface area (Å²) in [6.07, 6.45) is 0. The molecule has 1 N–H and O–H groups in total. The smallest absolute Gasteiger partial charge is 0.339 e. The third-order valence-corrected chi connectivity index (χ3v) is 5.19. The van der Waals surface area contributed by atoms with E-state index in [9.17, 15) is 13.2 Å². The standard InChI is InChI=1S/C14H16ClN3O4S/c1-8-13(9(2)18(3)16-8)23(20,21)17-12-7-10(15)5-6-11(12)14(19)22-4/h5-7,17H,1-4H3. The number of ether oxygens (including phenoxy) is 1. The van der Waals surface area contributed by atoms with Crippen LogP contribution in [0.1, 0.15) is 21.7 Å². The first-order valence-corrected chi connectivity index (χ1v) is 8.44. The monoisotopic (exact) mass is 357 g/mol. The van der Waals surface area contributed by atoms with Crippen LogP contribution in [0.5, 0.6) is 0 Å². The first-order chi connectivity index (χ1) is 10.7. The maximum absolute atomic E-state index is 12.7. The summed E-state index contributed by atoms with van der Waals surface area (Å²) in [5.74, 6) is -0.668. The number of sulfonamides is 1. The van der Waals surface area contributed by atoms with Crippen LogP contribution in [-0.4, -0.2) is 31.3 Å². The second kappa shape index (κ2) is 6.21. The summed E-state index contributed by atoms with van der Waals surface area (Å²) in [5.41, 5.74) is 0.961. The van der Waals surface area contributed by atoms with E-state index in [4.69, 9.17) is 11.6 Å². The average molecular weight is 358 g/mol. The van der Waals surface area contributed by atoms with Crippen LogP contribution in [0.2, 0.25) is 5.02 Å². The van der Waals surface area contributed by atoms with Crippen molar-refractivity contribution in [3.8, 4) is 0 Å². The summed E-state index contributed by atoms with van der Waals surface area (Å²) >= 11 is 5.90. The van der Waals surface area contributed by atoms with Crippen LogP contribution in [-0.2, 0) is 21.8 Å². The first-order valence-electron chi connectivity index (χ1n) is 6.58. The zero-order chi connectivity index (χ0) is 17.4. The topological polar surface area (TPSA) is 90.3 Å². The van der Waals surface area contributed by atoms with Crippen molar-refractivity contribution in [2.75, 3.05) is 11.8 Å². The maximum Gasteiger partial charge on any atom is 0.339 e. The van der Waals surface area contributed by atoms with Crippen LogP contribution in [0.25, 0.3) is 0 Å². The van der Waals surface area contributed by atoms with Gasteiger partial charge in [0.05, 0.1) is 29.7 Å². The van der Waals surface area contributed by atoms with E-state index in [0.29, 0.717) is 11.4 Å².